The predicted molar refractivity (Wildman–Crippen MR) is 90.3 cm³/mol. The summed E-state index contributed by atoms with van der Waals surface area (Å²) in [6.45, 7) is 3.51. The SMILES string of the molecule is Cc1cccc(C(C(=O)N2CCC(c3nn[nH]n3)CC2)N(C)C)c1. The number of carbonyl (C=O) groups excluding carboxylic acids is 1. The smallest absolute Gasteiger partial charge is 0.244 e. The highest BCUT2D eigenvalue weighted by Gasteiger charge is 2.32. The summed E-state index contributed by atoms with van der Waals surface area (Å²) >= 11 is 0. The lowest BCUT2D eigenvalue weighted by Crippen LogP contribution is -2.44. The first kappa shape index (κ1) is 16.6. The lowest BCUT2D eigenvalue weighted by Gasteiger charge is -2.35. The summed E-state index contributed by atoms with van der Waals surface area (Å²) < 4.78 is 0. The quantitative estimate of drug-likeness (QED) is 0.920. The molecule has 0 bridgehead atoms. The number of nitrogens with one attached hydrogen (secondary N) is 1. The van der Waals surface area contributed by atoms with Crippen LogP contribution in [0.25, 0.3) is 0 Å². The highest BCUT2D eigenvalue weighted by Crippen LogP contribution is 2.28. The van der Waals surface area contributed by atoms with Crippen LogP contribution in [0.3, 0.4) is 0 Å². The summed E-state index contributed by atoms with van der Waals surface area (Å²) in [5.74, 6) is 1.20. The van der Waals surface area contributed by atoms with Crippen molar-refractivity contribution in [3.05, 3.63) is 41.2 Å². The number of likely N-dealkylation sites (N-methyl/N-ethyl adjacent to an activating group) is 1. The molecule has 1 N–H and O–H groups in total. The van der Waals surface area contributed by atoms with E-state index < -0.39 is 0 Å². The lowest BCUT2D eigenvalue weighted by molar-refractivity contribution is -0.137. The zero-order valence-electron chi connectivity index (χ0n) is 14.4. The molecule has 7 nitrogen and oxygen atoms in total. The Kier molecular flexibility index (Phi) is 4.89. The Hall–Kier alpha value is -2.28. The van der Waals surface area contributed by atoms with E-state index in [1.54, 1.807) is 0 Å². The van der Waals surface area contributed by atoms with E-state index in [9.17, 15) is 4.79 Å². The van der Waals surface area contributed by atoms with Crippen LogP contribution in [-0.4, -0.2) is 63.5 Å². The van der Waals surface area contributed by atoms with Gasteiger partial charge in [0.2, 0.25) is 5.91 Å². The zero-order chi connectivity index (χ0) is 17.1. The maximum atomic E-state index is 13.1. The van der Waals surface area contributed by atoms with Gasteiger partial charge in [-0.2, -0.15) is 5.21 Å². The number of piperidine rings is 1. The van der Waals surface area contributed by atoms with Gasteiger partial charge in [-0.3, -0.25) is 9.69 Å². The highest BCUT2D eigenvalue weighted by atomic mass is 16.2. The average Bonchev–Trinajstić information content (AvgIpc) is 3.09. The molecular formula is C17H24N6O. The number of tetrazole rings is 1. The third-order valence-corrected chi connectivity index (χ3v) is 4.64. The summed E-state index contributed by atoms with van der Waals surface area (Å²) in [4.78, 5) is 17.0. The van der Waals surface area contributed by atoms with Crippen LogP contribution in [-0.2, 0) is 4.79 Å². The molecule has 3 rings (SSSR count). The number of hydrogen-bond acceptors (Lipinski definition) is 5. The van der Waals surface area contributed by atoms with Gasteiger partial charge < -0.3 is 4.90 Å². The predicted octanol–water partition coefficient (Wildman–Crippen LogP) is 1.52. The number of nitrogens with zero attached hydrogens (tertiary/aromatic N) is 5. The Morgan fingerprint density at radius 2 is 2.08 bits per heavy atom. The molecule has 2 heterocycles. The Bertz CT molecular complexity index is 676. The van der Waals surface area contributed by atoms with Crippen molar-refractivity contribution in [2.45, 2.75) is 31.7 Å². The van der Waals surface area contributed by atoms with E-state index >= 15 is 0 Å². The van der Waals surface area contributed by atoms with Crippen molar-refractivity contribution in [3.8, 4) is 0 Å². The van der Waals surface area contributed by atoms with Crippen LogP contribution in [0.4, 0.5) is 0 Å². The van der Waals surface area contributed by atoms with E-state index in [-0.39, 0.29) is 17.9 Å². The van der Waals surface area contributed by atoms with E-state index in [1.807, 2.05) is 36.0 Å². The Morgan fingerprint density at radius 3 is 2.67 bits per heavy atom. The van der Waals surface area contributed by atoms with Gasteiger partial charge in [-0.05, 0) is 39.4 Å². The van der Waals surface area contributed by atoms with Crippen LogP contribution in [0.5, 0.6) is 0 Å². The molecule has 0 aliphatic carbocycles. The van der Waals surface area contributed by atoms with Crippen LogP contribution < -0.4 is 0 Å². The second-order valence-corrected chi connectivity index (χ2v) is 6.65. The molecule has 24 heavy (non-hydrogen) atoms. The summed E-state index contributed by atoms with van der Waals surface area (Å²) in [5.41, 5.74) is 2.22. The van der Waals surface area contributed by atoms with Crippen molar-refractivity contribution in [2.75, 3.05) is 27.2 Å². The van der Waals surface area contributed by atoms with Crippen molar-refractivity contribution in [2.24, 2.45) is 0 Å². The van der Waals surface area contributed by atoms with Gasteiger partial charge >= 0.3 is 0 Å². The van der Waals surface area contributed by atoms with Gasteiger partial charge in [0.05, 0.1) is 0 Å². The van der Waals surface area contributed by atoms with Crippen molar-refractivity contribution < 1.29 is 4.79 Å². The maximum absolute atomic E-state index is 13.1. The fourth-order valence-electron chi connectivity index (χ4n) is 3.38. The fraction of sp³-hybridized carbons (Fsp3) is 0.529. The maximum Gasteiger partial charge on any atom is 0.244 e. The van der Waals surface area contributed by atoms with Crippen LogP contribution in [0.2, 0.25) is 0 Å². The van der Waals surface area contributed by atoms with E-state index in [2.05, 4.69) is 39.7 Å². The Morgan fingerprint density at radius 1 is 1.33 bits per heavy atom. The molecule has 1 aromatic carbocycles. The second-order valence-electron chi connectivity index (χ2n) is 6.65. The number of aromatic nitrogens is 4. The molecule has 1 amide bonds. The van der Waals surface area contributed by atoms with Gasteiger partial charge in [-0.15, -0.1) is 10.2 Å². The van der Waals surface area contributed by atoms with Crippen LogP contribution in [0.1, 0.15) is 41.8 Å². The summed E-state index contributed by atoms with van der Waals surface area (Å²) in [5, 5.41) is 14.3. The highest BCUT2D eigenvalue weighted by molar-refractivity contribution is 5.83. The standard InChI is InChI=1S/C17H24N6O/c1-12-5-4-6-14(11-12)15(22(2)3)17(24)23-9-7-13(8-10-23)16-18-20-21-19-16/h4-6,11,13,15H,7-10H2,1-3H3,(H,18,19,20,21). The zero-order valence-corrected chi connectivity index (χ0v) is 14.4. The normalized spacial score (nSPS) is 17.2. The molecule has 1 aliphatic heterocycles. The minimum absolute atomic E-state index is 0.164. The first-order valence-electron chi connectivity index (χ1n) is 8.31. The van der Waals surface area contributed by atoms with E-state index in [4.69, 9.17) is 0 Å². The number of amides is 1. The summed E-state index contributed by atoms with van der Waals surface area (Å²) in [7, 11) is 3.91. The monoisotopic (exact) mass is 328 g/mol. The van der Waals surface area contributed by atoms with Crippen molar-refractivity contribution in [1.29, 1.82) is 0 Å². The topological polar surface area (TPSA) is 78.0 Å². The molecule has 1 aromatic heterocycles. The molecule has 2 aromatic rings. The molecule has 0 saturated carbocycles. The molecular weight excluding hydrogens is 304 g/mol. The van der Waals surface area contributed by atoms with Crippen molar-refractivity contribution in [1.82, 2.24) is 30.4 Å². The van der Waals surface area contributed by atoms with Gasteiger partial charge in [0.15, 0.2) is 5.82 Å². The van der Waals surface area contributed by atoms with Crippen molar-refractivity contribution in [3.63, 3.8) is 0 Å². The fourth-order valence-corrected chi connectivity index (χ4v) is 3.38. The number of H-pyrrole nitrogens is 1. The van der Waals surface area contributed by atoms with Gasteiger partial charge in [0.1, 0.15) is 6.04 Å². The van der Waals surface area contributed by atoms with Gasteiger partial charge in [0.25, 0.3) is 0 Å². The van der Waals surface area contributed by atoms with Gasteiger partial charge in [-0.1, -0.05) is 35.0 Å². The molecule has 1 saturated heterocycles. The number of aromatic amines is 1. The molecule has 1 atom stereocenters. The van der Waals surface area contributed by atoms with Gasteiger partial charge in [-0.25, -0.2) is 0 Å². The lowest BCUT2D eigenvalue weighted by atomic mass is 9.94. The number of rotatable bonds is 4. The third kappa shape index (κ3) is 3.46. The summed E-state index contributed by atoms with van der Waals surface area (Å²) in [6, 6.07) is 7.94. The molecule has 1 unspecified atom stereocenters. The molecule has 0 spiro atoms. The third-order valence-electron chi connectivity index (χ3n) is 4.64. The molecule has 0 radical (unpaired) electrons. The van der Waals surface area contributed by atoms with E-state index in [0.717, 1.165) is 37.3 Å². The summed E-state index contributed by atoms with van der Waals surface area (Å²) in [6.07, 6.45) is 1.75. The molecule has 1 aliphatic rings. The van der Waals surface area contributed by atoms with Crippen LogP contribution >= 0.6 is 0 Å². The van der Waals surface area contributed by atoms with Crippen LogP contribution in [0.15, 0.2) is 24.3 Å². The largest absolute Gasteiger partial charge is 0.341 e. The Balaban J connectivity index is 1.70. The second kappa shape index (κ2) is 7.09. The average molecular weight is 328 g/mol. The number of carbonyl (C=O) groups is 1. The minimum atomic E-state index is -0.244. The van der Waals surface area contributed by atoms with Gasteiger partial charge in [0, 0.05) is 19.0 Å². The van der Waals surface area contributed by atoms with E-state index in [0.29, 0.717) is 0 Å². The number of hydrogen-bond donors (Lipinski definition) is 1. The molecule has 128 valence electrons. The van der Waals surface area contributed by atoms with E-state index in [1.165, 1.54) is 5.56 Å². The first-order chi connectivity index (χ1) is 11.6. The number of likely N-dealkylation sites (tertiary alicyclic amines) is 1. The molecule has 1 fully saturated rings. The molecule has 7 heteroatoms. The number of aryl methyl sites for hydroxylation is 1. The first-order valence-corrected chi connectivity index (χ1v) is 8.31. The minimum Gasteiger partial charge on any atom is -0.341 e. The van der Waals surface area contributed by atoms with Crippen LogP contribution in [0, 0.1) is 6.92 Å². The number of benzene rings is 1. The Labute approximate surface area is 142 Å². The van der Waals surface area contributed by atoms with Crippen molar-refractivity contribution >= 4 is 5.91 Å².